The fourth-order valence-corrected chi connectivity index (χ4v) is 13.8. The number of aryl methyl sites for hydroxylation is 1. The average Bonchev–Trinajstić information content (AvgIpc) is 1.57. The average molecular weight is 1360 g/mol. The lowest BCUT2D eigenvalue weighted by molar-refractivity contribution is -0.139. The van der Waals surface area contributed by atoms with Crippen molar-refractivity contribution in [3.63, 3.8) is 0 Å². The molecule has 0 bridgehead atoms. The number of aromatic amines is 1. The Morgan fingerprint density at radius 2 is 1.63 bits per heavy atom. The molecule has 2 aromatic heterocycles. The molecule has 8 rings (SSSR count). The first-order chi connectivity index (χ1) is 45.0. The number of H-pyrrole nitrogens is 1. The topological polar surface area (TPSA) is 351 Å². The number of hydrogen-bond acceptors (Lipinski definition) is 17. The molecule has 0 saturated carbocycles. The van der Waals surface area contributed by atoms with Crippen molar-refractivity contribution in [2.75, 3.05) is 94.9 Å². The molecule has 0 aliphatic carbocycles. The number of carbonyl (C=O) groups excluding carboxylic acids is 9. The fourth-order valence-electron chi connectivity index (χ4n) is 11.4. The zero-order chi connectivity index (χ0) is 67.8. The number of nitrogens with zero attached hydrogens (tertiary/aromatic N) is 5. The number of primary amides is 1. The molecule has 26 nitrogen and oxygen atoms in total. The Balaban J connectivity index is 0.796. The number of likely N-dealkylation sites (N-methyl/N-ethyl adjacent to an activating group) is 2. The molecule has 0 radical (unpaired) electrons. The number of nitrogens with two attached hydrogens (primary N) is 2. The van der Waals surface area contributed by atoms with Crippen molar-refractivity contribution in [1.29, 1.82) is 0 Å². The first kappa shape index (κ1) is 71.7. The van der Waals surface area contributed by atoms with Crippen LogP contribution in [0.25, 0.3) is 21.0 Å². The van der Waals surface area contributed by atoms with Crippen LogP contribution in [0.4, 0.5) is 25.8 Å². The molecule has 29 heteroatoms. The number of thiophene rings is 1. The maximum atomic E-state index is 14.5. The monoisotopic (exact) mass is 1360 g/mol. The quantitative estimate of drug-likeness (QED) is 0.0118. The third-order valence-corrected chi connectivity index (χ3v) is 19.6. The van der Waals surface area contributed by atoms with Gasteiger partial charge in [0, 0.05) is 112 Å². The number of unbranched alkanes of at least 4 members (excludes halogenated alkanes) is 3. The van der Waals surface area contributed by atoms with E-state index >= 15 is 0 Å². The number of aromatic nitrogens is 1. The minimum absolute atomic E-state index is 0.0113. The molecular weight excluding hydrogens is 1270 g/mol. The summed E-state index contributed by atoms with van der Waals surface area (Å²) in [6, 6.07) is 11.9. The van der Waals surface area contributed by atoms with Crippen molar-refractivity contribution in [3.05, 3.63) is 82.4 Å². The molecule has 10 N–H and O–H groups in total. The van der Waals surface area contributed by atoms with Crippen LogP contribution in [0.3, 0.4) is 0 Å². The van der Waals surface area contributed by atoms with E-state index < -0.39 is 71.2 Å². The number of halogens is 1. The number of alkyl halides is 1. The van der Waals surface area contributed by atoms with Gasteiger partial charge in [0.05, 0.1) is 15.6 Å². The minimum Gasteiger partial charge on any atom is -0.492 e. The maximum absolute atomic E-state index is 14.5. The van der Waals surface area contributed by atoms with E-state index in [1.54, 1.807) is 56.1 Å². The smallest absolute Gasteiger partial charge is 0.415 e. The molecule has 3 aromatic carbocycles. The number of carboxylic acids is 1. The number of aliphatic carboxylic acids is 1. The van der Waals surface area contributed by atoms with Crippen molar-refractivity contribution in [1.82, 2.24) is 40.5 Å². The summed E-state index contributed by atoms with van der Waals surface area (Å²) in [5.41, 5.74) is 15.4. The lowest BCUT2D eigenvalue weighted by Crippen LogP contribution is -2.54. The second-order valence-electron chi connectivity index (χ2n) is 24.3. The van der Waals surface area contributed by atoms with Gasteiger partial charge in [0.2, 0.25) is 29.5 Å². The number of ether oxygens (including phenoxy) is 3. The number of imide groups is 1. The van der Waals surface area contributed by atoms with Gasteiger partial charge in [-0.25, -0.2) is 14.4 Å². The molecule has 3 aliphatic heterocycles. The second kappa shape index (κ2) is 33.8. The summed E-state index contributed by atoms with van der Waals surface area (Å²) >= 11 is 9.09. The minimum atomic E-state index is -1.20. The van der Waals surface area contributed by atoms with Gasteiger partial charge in [0.25, 0.3) is 5.91 Å². The summed E-state index contributed by atoms with van der Waals surface area (Å²) < 4.78 is 18.5. The van der Waals surface area contributed by atoms with E-state index in [-0.39, 0.29) is 93.1 Å². The first-order valence-corrected chi connectivity index (χ1v) is 34.1. The standard InChI is InChI=1S/C65H85ClN12O14S2/c1-38(2)56(73-52(79)14-7-6-10-24-77-53(80)32-51(61(77)84)93-37-45(67)62(85)86)59(82)72-47(13-8-9-21-69-63(68)87)58(81)70-43-17-15-40(16-18-43)35-91-64(88)74(4)25-26-75(5)65(89)92-50-31-49-55(54-39(3)36-94-57(50)54)42(33-66)34-78(49)60(83)48-30-41-29-44(19-20-46(41)71-48)90-28-27-76-22-11-12-23-76/h15-20,29-31,36,38,42,45,47,51,56,71H,6-14,21-28,32-35,37,67H2,1-5H3,(H,70,81)(H,72,82)(H,73,79)(H,85,86)(H3,68,69,87)/t42-,45+,47+,51?,56+/m1/s1. The molecule has 10 amide bonds. The van der Waals surface area contributed by atoms with Gasteiger partial charge in [0.1, 0.15) is 42.8 Å². The lowest BCUT2D eigenvalue weighted by Gasteiger charge is -2.25. The van der Waals surface area contributed by atoms with Crippen LogP contribution in [-0.2, 0) is 40.1 Å². The van der Waals surface area contributed by atoms with Crippen molar-refractivity contribution in [3.8, 4) is 11.5 Å². The summed E-state index contributed by atoms with van der Waals surface area (Å²) in [6.07, 6.45) is 3.43. The van der Waals surface area contributed by atoms with Gasteiger partial charge in [-0.1, -0.05) is 32.4 Å². The van der Waals surface area contributed by atoms with E-state index in [1.165, 1.54) is 41.0 Å². The molecule has 0 spiro atoms. The highest BCUT2D eigenvalue weighted by Gasteiger charge is 2.40. The first-order valence-electron chi connectivity index (χ1n) is 31.7. The Bertz CT molecular complexity index is 3560. The number of carbonyl (C=O) groups is 10. The molecule has 3 aliphatic rings. The van der Waals surface area contributed by atoms with Crippen LogP contribution in [0.15, 0.2) is 60.0 Å². The second-order valence-corrected chi connectivity index (χ2v) is 26.7. The zero-order valence-electron chi connectivity index (χ0n) is 53.6. The summed E-state index contributed by atoms with van der Waals surface area (Å²) in [7, 11) is 3.09. The Hall–Kier alpha value is -8.18. The number of carboxylic acid groups (broad SMARTS) is 1. The molecule has 1 unspecified atom stereocenters. The molecule has 5 atom stereocenters. The van der Waals surface area contributed by atoms with Gasteiger partial charge in [-0.05, 0) is 129 Å². The number of thioether (sulfide) groups is 1. The van der Waals surface area contributed by atoms with Gasteiger partial charge in [-0.15, -0.1) is 34.7 Å². The fraction of sp³-hybridized carbons (Fsp3) is 0.508. The molecular formula is C65H85ClN12O14S2. The number of urea groups is 1. The highest BCUT2D eigenvalue weighted by Crippen LogP contribution is 2.49. The highest BCUT2D eigenvalue weighted by molar-refractivity contribution is 8.00. The summed E-state index contributed by atoms with van der Waals surface area (Å²) in [6.45, 7) is 9.85. The summed E-state index contributed by atoms with van der Waals surface area (Å²) in [5.74, 6) is -3.04. The van der Waals surface area contributed by atoms with Gasteiger partial charge < -0.3 is 71.7 Å². The van der Waals surface area contributed by atoms with Crippen LogP contribution in [0.2, 0.25) is 0 Å². The molecule has 5 heterocycles. The van der Waals surface area contributed by atoms with Crippen molar-refractivity contribution >= 4 is 127 Å². The molecule has 2 fully saturated rings. The lowest BCUT2D eigenvalue weighted by atomic mass is 9.97. The SMILES string of the molecule is Cc1csc2c(OC(=O)N(C)CCN(C)C(=O)OCc3ccc(NC(=O)[C@H](CCCCNC(N)=O)NC(=O)[C@@H](NC(=O)CCCCCN4C(=O)CC(SC[C@H](N)C(=O)O)C4=O)C(C)C)cc3)cc3c(c12)[C@H](CCl)CN3C(=O)c1cc2cc(OCCN3CCCC3)ccc2[nH]1. The molecule has 94 heavy (non-hydrogen) atoms. The number of fused-ring (bicyclic) bond motifs is 4. The predicted molar refractivity (Wildman–Crippen MR) is 360 cm³/mol. The molecule has 508 valence electrons. The molecule has 2 saturated heterocycles. The Morgan fingerprint density at radius 3 is 2.33 bits per heavy atom. The number of anilines is 2. The van der Waals surface area contributed by atoms with Gasteiger partial charge >= 0.3 is 24.2 Å². The van der Waals surface area contributed by atoms with E-state index in [1.807, 2.05) is 36.6 Å². The number of amides is 10. The largest absolute Gasteiger partial charge is 0.492 e. The number of nitrogens with one attached hydrogen (secondary N) is 5. The normalized spacial score (nSPS) is 16.4. The van der Waals surface area contributed by atoms with E-state index in [0.29, 0.717) is 67.9 Å². The van der Waals surface area contributed by atoms with Crippen molar-refractivity contribution in [2.24, 2.45) is 17.4 Å². The number of hydrogen-bond donors (Lipinski definition) is 8. The number of rotatable bonds is 33. The van der Waals surface area contributed by atoms with Crippen LogP contribution in [0, 0.1) is 12.8 Å². The number of likely N-dealkylation sites (tertiary alicyclic amines) is 2. The van der Waals surface area contributed by atoms with Crippen LogP contribution < -0.4 is 47.1 Å². The van der Waals surface area contributed by atoms with E-state index in [2.05, 4.69) is 31.2 Å². The van der Waals surface area contributed by atoms with E-state index in [9.17, 15) is 47.9 Å². The third-order valence-electron chi connectivity index (χ3n) is 16.8. The van der Waals surface area contributed by atoms with Crippen molar-refractivity contribution < 1.29 is 67.3 Å². The van der Waals surface area contributed by atoms with Crippen LogP contribution in [0.5, 0.6) is 11.5 Å². The predicted octanol–water partition coefficient (Wildman–Crippen LogP) is 7.08. The maximum Gasteiger partial charge on any atom is 0.415 e. The Labute approximate surface area is 558 Å². The van der Waals surface area contributed by atoms with Gasteiger partial charge in [-0.3, -0.25) is 43.4 Å². The van der Waals surface area contributed by atoms with E-state index in [4.69, 9.17) is 42.4 Å². The van der Waals surface area contributed by atoms with Crippen LogP contribution >= 0.6 is 34.7 Å². The van der Waals surface area contributed by atoms with Crippen molar-refractivity contribution in [2.45, 2.75) is 121 Å². The Morgan fingerprint density at radius 1 is 0.894 bits per heavy atom. The van der Waals surface area contributed by atoms with Gasteiger partial charge in [0.15, 0.2) is 5.75 Å². The highest BCUT2D eigenvalue weighted by atomic mass is 35.5. The van der Waals surface area contributed by atoms with Crippen LogP contribution in [0.1, 0.15) is 111 Å². The summed E-state index contributed by atoms with van der Waals surface area (Å²) in [4.78, 5) is 141. The summed E-state index contributed by atoms with van der Waals surface area (Å²) in [5, 5.41) is 23.0. The molecule has 5 aromatic rings. The van der Waals surface area contributed by atoms with Gasteiger partial charge in [-0.2, -0.15) is 0 Å². The number of benzene rings is 3. The zero-order valence-corrected chi connectivity index (χ0v) is 56.0. The Kier molecular flexibility index (Phi) is 25.8. The van der Waals surface area contributed by atoms with E-state index in [0.717, 1.165) is 74.2 Å². The third kappa shape index (κ3) is 19.0. The van der Waals surface area contributed by atoms with Crippen LogP contribution in [-0.4, -0.2) is 197 Å².